The average molecular weight is 258 g/mol. The summed E-state index contributed by atoms with van der Waals surface area (Å²) in [4.78, 5) is 0.0894. The highest BCUT2D eigenvalue weighted by molar-refractivity contribution is 7.89. The molecule has 17 heavy (non-hydrogen) atoms. The highest BCUT2D eigenvalue weighted by atomic mass is 32.2. The molecule has 0 fully saturated rings. The third-order valence-electron chi connectivity index (χ3n) is 2.13. The lowest BCUT2D eigenvalue weighted by Crippen LogP contribution is -2.34. The van der Waals surface area contributed by atoms with Crippen LogP contribution in [0.5, 0.6) is 0 Å². The molecular formula is C9H14N4O3S. The van der Waals surface area contributed by atoms with Gasteiger partial charge >= 0.3 is 0 Å². The maximum atomic E-state index is 12.1. The average Bonchev–Trinajstić information content (AvgIpc) is 2.83. The van der Waals surface area contributed by atoms with Crippen LogP contribution in [0.1, 0.15) is 6.42 Å². The Labute approximate surface area is 100 Å². The molecule has 8 heteroatoms. The molecule has 0 saturated carbocycles. The molecule has 0 unspecified atom stereocenters. The highest BCUT2D eigenvalue weighted by Gasteiger charge is 2.24. The molecular weight excluding hydrogens is 244 g/mol. The summed E-state index contributed by atoms with van der Waals surface area (Å²) in [6.07, 6.45) is 2.68. The number of ether oxygens (including phenoxy) is 1. The molecule has 0 aliphatic carbocycles. The van der Waals surface area contributed by atoms with Gasteiger partial charge in [-0.25, -0.2) is 8.42 Å². The van der Waals surface area contributed by atoms with Gasteiger partial charge in [-0.2, -0.15) is 14.7 Å². The molecule has 0 saturated heterocycles. The lowest BCUT2D eigenvalue weighted by molar-refractivity contribution is 0.179. The number of rotatable bonds is 7. The normalized spacial score (nSPS) is 11.6. The number of methoxy groups -OCH3 is 1. The van der Waals surface area contributed by atoms with E-state index < -0.39 is 10.0 Å². The van der Waals surface area contributed by atoms with Crippen LogP contribution < -0.4 is 0 Å². The number of aromatic amines is 1. The summed E-state index contributed by atoms with van der Waals surface area (Å²) in [6, 6.07) is 1.92. The van der Waals surface area contributed by atoms with E-state index in [1.54, 1.807) is 0 Å². The fraction of sp³-hybridized carbons (Fsp3) is 0.556. The molecule has 0 aromatic carbocycles. The van der Waals surface area contributed by atoms with E-state index in [4.69, 9.17) is 10.00 Å². The molecule has 0 amide bonds. The number of nitriles is 1. The summed E-state index contributed by atoms with van der Waals surface area (Å²) in [6.45, 7) is 0.640. The number of nitrogens with one attached hydrogen (secondary N) is 1. The van der Waals surface area contributed by atoms with Gasteiger partial charge in [-0.15, -0.1) is 0 Å². The van der Waals surface area contributed by atoms with Crippen molar-refractivity contribution in [1.29, 1.82) is 5.26 Å². The summed E-state index contributed by atoms with van der Waals surface area (Å²) >= 11 is 0. The summed E-state index contributed by atoms with van der Waals surface area (Å²) in [5.74, 6) is 0. The van der Waals surface area contributed by atoms with Crippen LogP contribution in [0.2, 0.25) is 0 Å². The van der Waals surface area contributed by atoms with Gasteiger partial charge in [0.15, 0.2) is 0 Å². The molecule has 0 bridgehead atoms. The quantitative estimate of drug-likeness (QED) is 0.739. The predicted molar refractivity (Wildman–Crippen MR) is 59.5 cm³/mol. The number of hydrogen-bond acceptors (Lipinski definition) is 5. The maximum Gasteiger partial charge on any atom is 0.246 e. The minimum Gasteiger partial charge on any atom is -0.383 e. The van der Waals surface area contributed by atoms with Gasteiger partial charge in [0, 0.05) is 32.8 Å². The van der Waals surface area contributed by atoms with Gasteiger partial charge in [-0.3, -0.25) is 5.10 Å². The summed E-state index contributed by atoms with van der Waals surface area (Å²) < 4.78 is 30.3. The largest absolute Gasteiger partial charge is 0.383 e. The van der Waals surface area contributed by atoms with E-state index in [0.717, 1.165) is 0 Å². The van der Waals surface area contributed by atoms with Crippen LogP contribution in [0.15, 0.2) is 17.3 Å². The molecule has 1 N–H and O–H groups in total. The van der Waals surface area contributed by atoms with E-state index >= 15 is 0 Å². The van der Waals surface area contributed by atoms with Gasteiger partial charge in [0.1, 0.15) is 4.90 Å². The van der Waals surface area contributed by atoms with Crippen LogP contribution in [0, 0.1) is 11.3 Å². The molecule has 94 valence electrons. The molecule has 0 aliphatic heterocycles. The number of nitrogens with zero attached hydrogens (tertiary/aromatic N) is 3. The van der Waals surface area contributed by atoms with Gasteiger partial charge in [-0.05, 0) is 0 Å². The molecule has 1 aromatic heterocycles. The van der Waals surface area contributed by atoms with Crippen LogP contribution in [0.4, 0.5) is 0 Å². The molecule has 7 nitrogen and oxygen atoms in total. The zero-order chi connectivity index (χ0) is 12.7. The first-order valence-corrected chi connectivity index (χ1v) is 6.41. The van der Waals surface area contributed by atoms with Crippen LogP contribution in [0.25, 0.3) is 0 Å². The van der Waals surface area contributed by atoms with E-state index in [0.29, 0.717) is 0 Å². The summed E-state index contributed by atoms with van der Waals surface area (Å²) in [5.41, 5.74) is 0. The molecule has 0 atom stereocenters. The Kier molecular flexibility index (Phi) is 5.09. The monoisotopic (exact) mass is 258 g/mol. The number of H-pyrrole nitrogens is 1. The number of hydrogen-bond donors (Lipinski definition) is 1. The third-order valence-corrected chi connectivity index (χ3v) is 3.99. The third kappa shape index (κ3) is 3.52. The van der Waals surface area contributed by atoms with Crippen molar-refractivity contribution < 1.29 is 13.2 Å². The second-order valence-corrected chi connectivity index (χ2v) is 5.18. The van der Waals surface area contributed by atoms with Gasteiger partial charge in [0.2, 0.25) is 10.0 Å². The fourth-order valence-corrected chi connectivity index (χ4v) is 2.58. The molecule has 1 rings (SSSR count). The Morgan fingerprint density at radius 2 is 2.35 bits per heavy atom. The lowest BCUT2D eigenvalue weighted by Gasteiger charge is -2.19. The van der Waals surface area contributed by atoms with E-state index in [1.807, 2.05) is 6.07 Å². The van der Waals surface area contributed by atoms with Gasteiger partial charge in [0.25, 0.3) is 0 Å². The second-order valence-electron chi connectivity index (χ2n) is 3.24. The molecule has 0 spiro atoms. The smallest absolute Gasteiger partial charge is 0.246 e. The zero-order valence-electron chi connectivity index (χ0n) is 9.46. The Morgan fingerprint density at radius 3 is 2.88 bits per heavy atom. The van der Waals surface area contributed by atoms with Crippen molar-refractivity contribution in [3.05, 3.63) is 12.4 Å². The van der Waals surface area contributed by atoms with Gasteiger partial charge < -0.3 is 4.74 Å². The van der Waals surface area contributed by atoms with Gasteiger partial charge in [0.05, 0.1) is 18.9 Å². The highest BCUT2D eigenvalue weighted by Crippen LogP contribution is 2.13. The van der Waals surface area contributed by atoms with Crippen molar-refractivity contribution in [2.24, 2.45) is 0 Å². The van der Waals surface area contributed by atoms with Crippen LogP contribution in [-0.4, -0.2) is 49.7 Å². The Hall–Kier alpha value is -1.43. The van der Waals surface area contributed by atoms with Crippen molar-refractivity contribution in [2.45, 2.75) is 11.3 Å². The predicted octanol–water partition coefficient (Wildman–Crippen LogP) is -0.0395. The Bertz CT molecular complexity index is 463. The zero-order valence-corrected chi connectivity index (χ0v) is 10.3. The van der Waals surface area contributed by atoms with Crippen molar-refractivity contribution in [3.8, 4) is 6.07 Å². The van der Waals surface area contributed by atoms with Gasteiger partial charge in [-0.1, -0.05) is 0 Å². The number of sulfonamides is 1. The van der Waals surface area contributed by atoms with Crippen LogP contribution in [-0.2, 0) is 14.8 Å². The van der Waals surface area contributed by atoms with Crippen molar-refractivity contribution in [1.82, 2.24) is 14.5 Å². The molecule has 1 aromatic rings. The molecule has 1 heterocycles. The Morgan fingerprint density at radius 1 is 1.59 bits per heavy atom. The minimum atomic E-state index is -3.59. The van der Waals surface area contributed by atoms with Crippen LogP contribution >= 0.6 is 0 Å². The standard InChI is InChI=1S/C9H14N4O3S/c1-16-6-5-13(4-2-3-10)17(14,15)9-7-11-12-8-9/h7-8H,2,4-6H2,1H3,(H,11,12). The van der Waals surface area contributed by atoms with Crippen molar-refractivity contribution in [2.75, 3.05) is 26.8 Å². The lowest BCUT2D eigenvalue weighted by atomic mass is 10.4. The summed E-state index contributed by atoms with van der Waals surface area (Å²) in [5, 5.41) is 14.6. The topological polar surface area (TPSA) is 99.1 Å². The fourth-order valence-electron chi connectivity index (χ4n) is 1.25. The first-order valence-electron chi connectivity index (χ1n) is 4.97. The molecule has 0 radical (unpaired) electrons. The van der Waals surface area contributed by atoms with E-state index in [2.05, 4.69) is 10.2 Å². The maximum absolute atomic E-state index is 12.1. The van der Waals surface area contributed by atoms with E-state index in [1.165, 1.54) is 23.8 Å². The van der Waals surface area contributed by atoms with Crippen molar-refractivity contribution in [3.63, 3.8) is 0 Å². The summed E-state index contributed by atoms with van der Waals surface area (Å²) in [7, 11) is -2.10. The van der Waals surface area contributed by atoms with Crippen LogP contribution in [0.3, 0.4) is 0 Å². The minimum absolute atomic E-state index is 0.0894. The first-order chi connectivity index (χ1) is 8.12. The van der Waals surface area contributed by atoms with Crippen molar-refractivity contribution >= 4 is 10.0 Å². The SMILES string of the molecule is COCCN(CCC#N)S(=O)(=O)c1cn[nH]c1. The van der Waals surface area contributed by atoms with E-state index in [-0.39, 0.29) is 31.0 Å². The molecule has 0 aliphatic rings. The number of aromatic nitrogens is 2. The Balaban J connectivity index is 2.85. The van der Waals surface area contributed by atoms with E-state index in [9.17, 15) is 8.42 Å². The first kappa shape index (κ1) is 13.6. The second kappa shape index (κ2) is 6.34.